The van der Waals surface area contributed by atoms with Crippen molar-refractivity contribution in [2.75, 3.05) is 72.7 Å². The molecule has 0 bridgehead atoms. The van der Waals surface area contributed by atoms with Crippen molar-refractivity contribution in [2.45, 2.75) is 294 Å². The highest BCUT2D eigenvalue weighted by Crippen LogP contribution is 2.29. The summed E-state index contributed by atoms with van der Waals surface area (Å²) in [6.45, 7) is 42.4. The lowest BCUT2D eigenvalue weighted by atomic mass is 9.84. The maximum absolute atomic E-state index is 12.9. The quantitative estimate of drug-likeness (QED) is 0.0107. The lowest BCUT2D eigenvalue weighted by molar-refractivity contribution is -0.154. The van der Waals surface area contributed by atoms with E-state index < -0.39 is 59.8 Å². The fraction of sp³-hybridized carbons (Fsp3) is 0.544. The monoisotopic (exact) mass is 2000 g/mol. The van der Waals surface area contributed by atoms with Crippen molar-refractivity contribution < 1.29 is 139 Å². The zero-order valence-corrected chi connectivity index (χ0v) is 87.1. The number of carbonyl (C=O) groups excluding carboxylic acids is 16. The molecule has 0 saturated heterocycles. The van der Waals surface area contributed by atoms with Gasteiger partial charge in [-0.1, -0.05) is 212 Å². The molecule has 29 nitrogen and oxygen atoms in total. The molecule has 0 aliphatic carbocycles. The third-order valence-electron chi connectivity index (χ3n) is 22.0. The molecule has 0 spiro atoms. The molecule has 794 valence electrons. The van der Waals surface area contributed by atoms with Gasteiger partial charge in [-0.05, 0) is 223 Å². The summed E-state index contributed by atoms with van der Waals surface area (Å²) in [4.78, 5) is 185. The molecule has 0 aliphatic heterocycles. The second-order valence-electron chi connectivity index (χ2n) is 34.3. The van der Waals surface area contributed by atoms with E-state index in [0.717, 1.165) is 163 Å². The van der Waals surface area contributed by atoms with Crippen molar-refractivity contribution in [3.63, 3.8) is 0 Å². The SMILES string of the molecule is C=C(C)C(=O)OCC(O)CC.C=CC(=O)OCCCCOC(=O)C(CCCCC)CC(CCCCC)C(C)=O.C=CC(=O)OCCCCOC(=O)C(Cc1ccccc1)CC(Cc1ccccc1)C(C)=O.C=CC(=O)OCCCCOC(=O)CCCC(=O)Oc1ccc(C(C)=O)cc1.C=CC(=O)OCCCCOc1ccc(C(C)=O)cc1.C=CC(=O)OCCOC(=O)C(CCCCC)CC(CCCCC)C(C)=O. The van der Waals surface area contributed by atoms with Crippen LogP contribution in [0.3, 0.4) is 0 Å². The van der Waals surface area contributed by atoms with Crippen LogP contribution in [0.5, 0.6) is 11.5 Å². The topological polar surface area (TPSA) is 404 Å². The van der Waals surface area contributed by atoms with Crippen LogP contribution in [-0.4, -0.2) is 178 Å². The Bertz CT molecular complexity index is 4360. The third-order valence-corrected chi connectivity index (χ3v) is 22.0. The Morgan fingerprint density at radius 2 is 0.608 bits per heavy atom. The zero-order chi connectivity index (χ0) is 107. The number of aliphatic hydroxyl groups is 1. The van der Waals surface area contributed by atoms with Gasteiger partial charge in [0.25, 0.3) is 0 Å². The van der Waals surface area contributed by atoms with Crippen LogP contribution in [0.1, 0.15) is 307 Å². The summed E-state index contributed by atoms with van der Waals surface area (Å²) in [5, 5.41) is 8.98. The number of ketones is 5. The third kappa shape index (κ3) is 73.4. The first kappa shape index (κ1) is 133. The van der Waals surface area contributed by atoms with Crippen molar-refractivity contribution >= 4 is 94.6 Å². The summed E-state index contributed by atoms with van der Waals surface area (Å²) < 4.78 is 60.9. The summed E-state index contributed by atoms with van der Waals surface area (Å²) in [6, 6.07) is 32.9. The first-order chi connectivity index (χ1) is 68.5. The minimum Gasteiger partial charge on any atom is -0.494 e. The van der Waals surface area contributed by atoms with Crippen LogP contribution in [0.4, 0.5) is 0 Å². The molecule has 0 fully saturated rings. The summed E-state index contributed by atoms with van der Waals surface area (Å²) in [5.74, 6) is -4.22. The van der Waals surface area contributed by atoms with Gasteiger partial charge in [-0.2, -0.15) is 0 Å². The summed E-state index contributed by atoms with van der Waals surface area (Å²) in [7, 11) is 0. The first-order valence-corrected chi connectivity index (χ1v) is 50.3. The Hall–Kier alpha value is -12.4. The van der Waals surface area contributed by atoms with Gasteiger partial charge in [-0.25, -0.2) is 28.8 Å². The van der Waals surface area contributed by atoms with Crippen molar-refractivity contribution in [1.29, 1.82) is 0 Å². The van der Waals surface area contributed by atoms with Gasteiger partial charge < -0.3 is 61.9 Å². The number of Topliss-reactive ketones (excluding diaryl/α,β-unsaturated/α-hetero) is 5. The number of carbonyl (C=O) groups is 16. The number of rotatable bonds is 72. The van der Waals surface area contributed by atoms with Gasteiger partial charge in [-0.3, -0.25) is 47.9 Å². The Morgan fingerprint density at radius 3 is 0.951 bits per heavy atom. The maximum Gasteiger partial charge on any atom is 0.333 e. The molecule has 7 unspecified atom stereocenters. The molecule has 1 N–H and O–H groups in total. The number of unbranched alkanes of at least 4 members (excludes halogenated alkanes) is 12. The van der Waals surface area contributed by atoms with E-state index in [1.54, 1.807) is 76.2 Å². The first-order valence-electron chi connectivity index (χ1n) is 50.3. The van der Waals surface area contributed by atoms with Gasteiger partial charge >= 0.3 is 65.7 Å². The fourth-order valence-corrected chi connectivity index (χ4v) is 13.4. The van der Waals surface area contributed by atoms with Crippen molar-refractivity contribution in [3.05, 3.63) is 207 Å². The van der Waals surface area contributed by atoms with Crippen LogP contribution in [0.25, 0.3) is 0 Å². The van der Waals surface area contributed by atoms with Gasteiger partial charge in [0, 0.05) is 77.7 Å². The molecule has 0 saturated carbocycles. The van der Waals surface area contributed by atoms with E-state index in [1.807, 2.05) is 67.6 Å². The van der Waals surface area contributed by atoms with Gasteiger partial charge in [-0.15, -0.1) is 0 Å². The molecule has 0 aliphatic rings. The van der Waals surface area contributed by atoms with Crippen molar-refractivity contribution in [2.24, 2.45) is 35.5 Å². The Labute approximate surface area is 849 Å². The maximum atomic E-state index is 12.9. The second kappa shape index (κ2) is 87.4. The lowest BCUT2D eigenvalue weighted by Crippen LogP contribution is -2.27. The largest absolute Gasteiger partial charge is 0.494 e. The number of hydrogen-bond donors (Lipinski definition) is 1. The highest BCUT2D eigenvalue weighted by atomic mass is 16.6. The van der Waals surface area contributed by atoms with E-state index in [2.05, 4.69) is 71.9 Å². The molecule has 0 amide bonds. The highest BCUT2D eigenvalue weighted by molar-refractivity contribution is 5.95. The van der Waals surface area contributed by atoms with E-state index >= 15 is 0 Å². The summed E-state index contributed by atoms with van der Waals surface area (Å²) in [6.07, 6.45) is 29.9. The number of esters is 11. The van der Waals surface area contributed by atoms with E-state index in [1.165, 1.54) is 13.8 Å². The van der Waals surface area contributed by atoms with Gasteiger partial charge in [0.05, 0.1) is 76.7 Å². The Morgan fingerprint density at radius 1 is 0.308 bits per heavy atom. The minimum atomic E-state index is -0.557. The molecule has 4 rings (SSSR count). The molecule has 0 radical (unpaired) electrons. The standard InChI is InChI=1S/C27H32O5.C23H40O5.C21H36O5.C20H24O7.C15H18O4.C8H14O3/c1-3-26(29)31-16-10-11-17-32-27(30)25(19-23-14-8-5-9-15-23)20-24(21(2)28)18-22-12-6-4-7-13-22;1-5-8-10-14-20(19(4)24)18-21(15-11-9-6-2)23(26)28-17-13-12-16-27-22(25)7-3;1-5-8-10-12-18(17(4)22)16-19(13-11-9-6-2)21(24)26-15-14-25-20(23)7-3;1-3-18(22)25-13-4-5-14-26-19(23)7-6-8-20(24)27-17-11-9-16(10-12-17)15(2)21;1-3-15(17)19-11-5-4-10-18-14-8-6-13(7-9-14)12(2)16;1-4-7(9)5-11-8(10)6(2)3/h3-9,12-15,24-25H,1,10-11,16-20H2,2H3;7,20-21H,3,5-6,8-18H2,1-2,4H3;7,18-19H,3,5-6,8-16H2,1-2,4H3;3,9-12H,1,4-8,13-14H2,2H3;3,6-9H,1,4-5,10-11H2,2H3;7,9H,2,4-5H2,1,3H3. The van der Waals surface area contributed by atoms with E-state index in [9.17, 15) is 76.7 Å². The predicted octanol–water partition coefficient (Wildman–Crippen LogP) is 21.4. The number of ether oxygens (including phenoxy) is 12. The van der Waals surface area contributed by atoms with E-state index in [0.29, 0.717) is 132 Å². The summed E-state index contributed by atoms with van der Waals surface area (Å²) in [5.41, 5.74) is 3.68. The number of aliphatic hydroxyl groups excluding tert-OH is 1. The number of benzene rings is 4. The van der Waals surface area contributed by atoms with Gasteiger partial charge in [0.1, 0.15) is 48.7 Å². The van der Waals surface area contributed by atoms with Crippen LogP contribution in [0.15, 0.2) is 185 Å². The Kier molecular flexibility index (Phi) is 81.1. The molecule has 0 heterocycles. The van der Waals surface area contributed by atoms with Crippen LogP contribution in [0, 0.1) is 35.5 Å². The smallest absolute Gasteiger partial charge is 0.333 e. The van der Waals surface area contributed by atoms with E-state index in [4.69, 9.17) is 57.2 Å². The van der Waals surface area contributed by atoms with Crippen LogP contribution in [0.2, 0.25) is 0 Å². The molecule has 4 aromatic rings. The van der Waals surface area contributed by atoms with Crippen molar-refractivity contribution in [3.8, 4) is 11.5 Å². The average molecular weight is 2000 g/mol. The van der Waals surface area contributed by atoms with Crippen LogP contribution >= 0.6 is 0 Å². The molecule has 0 aromatic heterocycles. The van der Waals surface area contributed by atoms with Crippen LogP contribution < -0.4 is 9.47 Å². The fourth-order valence-electron chi connectivity index (χ4n) is 13.4. The predicted molar refractivity (Wildman–Crippen MR) is 550 cm³/mol. The number of hydrogen-bond acceptors (Lipinski definition) is 29. The zero-order valence-electron chi connectivity index (χ0n) is 87.1. The second-order valence-corrected chi connectivity index (χ2v) is 34.3. The lowest BCUT2D eigenvalue weighted by Gasteiger charge is -2.21. The molecule has 4 aromatic carbocycles. The normalized spacial score (nSPS) is 11.7. The molecule has 143 heavy (non-hydrogen) atoms. The Balaban J connectivity index is 0. The molecular formula is C114H164O29. The molecule has 7 atom stereocenters. The highest BCUT2D eigenvalue weighted by Gasteiger charge is 2.31. The average Bonchev–Trinajstić information content (AvgIpc) is 0.818. The van der Waals surface area contributed by atoms with Crippen LogP contribution in [-0.2, 0) is 127 Å². The van der Waals surface area contributed by atoms with Gasteiger partial charge in [0.15, 0.2) is 11.6 Å². The summed E-state index contributed by atoms with van der Waals surface area (Å²) >= 11 is 0. The molecular weight excluding hydrogens is 1830 g/mol. The minimum absolute atomic E-state index is 0.0188. The van der Waals surface area contributed by atoms with Gasteiger partial charge in [0.2, 0.25) is 0 Å². The van der Waals surface area contributed by atoms with E-state index in [-0.39, 0.29) is 136 Å². The van der Waals surface area contributed by atoms with Crippen molar-refractivity contribution in [1.82, 2.24) is 0 Å². The molecule has 29 heteroatoms.